The van der Waals surface area contributed by atoms with Crippen LogP contribution in [0.5, 0.6) is 0 Å². The molecule has 3 aliphatic heterocycles. The molecule has 204 valence electrons. The van der Waals surface area contributed by atoms with Crippen LogP contribution in [-0.2, 0) is 9.53 Å². The van der Waals surface area contributed by atoms with Crippen molar-refractivity contribution in [2.45, 2.75) is 32.7 Å². The topological polar surface area (TPSA) is 137 Å². The molecule has 0 aliphatic carbocycles. The molecule has 2 amide bonds. The van der Waals surface area contributed by atoms with Crippen molar-refractivity contribution in [3.63, 3.8) is 0 Å². The van der Waals surface area contributed by atoms with Gasteiger partial charge in [-0.1, -0.05) is 12.1 Å². The van der Waals surface area contributed by atoms with Gasteiger partial charge < -0.3 is 31.0 Å². The summed E-state index contributed by atoms with van der Waals surface area (Å²) in [5.74, 6) is 0.981. The molecule has 4 N–H and O–H groups in total. The van der Waals surface area contributed by atoms with E-state index in [2.05, 4.69) is 15.3 Å². The van der Waals surface area contributed by atoms with Gasteiger partial charge in [-0.05, 0) is 68.0 Å². The average molecular weight is 530 g/mol. The maximum Gasteiger partial charge on any atom is 0.256 e. The summed E-state index contributed by atoms with van der Waals surface area (Å²) in [7, 11) is 0. The lowest BCUT2D eigenvalue weighted by Gasteiger charge is -2.44. The van der Waals surface area contributed by atoms with E-state index in [0.29, 0.717) is 54.8 Å². The van der Waals surface area contributed by atoms with Crippen LogP contribution in [0.2, 0.25) is 0 Å². The zero-order chi connectivity index (χ0) is 27.6. The number of likely N-dealkylation sites (tertiary alicyclic amines) is 1. The summed E-state index contributed by atoms with van der Waals surface area (Å²) in [6.45, 7) is 6.97. The molecule has 4 heterocycles. The number of nitrogens with two attached hydrogens (primary N) is 1. The standard InChI is InChI=1S/C29H35N7O3/c1-19-9-10-32-23(14-19)34-27(37)22-7-5-21(6-8-22)24(30)25-26(31)33-11-13-35(25)15-20-4-3-12-36(16-20)28(38)29(2)17-39-18-29/h5-11,13-14,20,25,30H,3-4,12,15-18H2,1-2H3,(H2,31,33)(H,32,34,37). The number of hydrogen-bond acceptors (Lipinski definition) is 8. The van der Waals surface area contributed by atoms with E-state index in [9.17, 15) is 9.59 Å². The Morgan fingerprint density at radius 2 is 1.95 bits per heavy atom. The Labute approximate surface area is 228 Å². The van der Waals surface area contributed by atoms with Crippen LogP contribution in [0.25, 0.3) is 0 Å². The molecule has 2 aromatic rings. The molecule has 2 fully saturated rings. The number of aromatic nitrogens is 1. The first-order chi connectivity index (χ1) is 18.7. The molecule has 0 bridgehead atoms. The van der Waals surface area contributed by atoms with Crippen molar-refractivity contribution < 1.29 is 14.3 Å². The van der Waals surface area contributed by atoms with Crippen LogP contribution in [0.15, 0.2) is 60.0 Å². The van der Waals surface area contributed by atoms with Gasteiger partial charge >= 0.3 is 0 Å². The van der Waals surface area contributed by atoms with E-state index in [1.165, 1.54) is 0 Å². The number of benzene rings is 1. The molecule has 0 saturated carbocycles. The van der Waals surface area contributed by atoms with Gasteiger partial charge in [0.25, 0.3) is 5.91 Å². The number of amidine groups is 1. The van der Waals surface area contributed by atoms with E-state index in [1.807, 2.05) is 35.9 Å². The fourth-order valence-electron chi connectivity index (χ4n) is 5.37. The molecule has 1 aromatic carbocycles. The van der Waals surface area contributed by atoms with Gasteiger partial charge in [-0.2, -0.15) is 0 Å². The number of amides is 2. The lowest BCUT2D eigenvalue weighted by molar-refractivity contribution is -0.170. The van der Waals surface area contributed by atoms with Crippen LogP contribution in [0.4, 0.5) is 5.82 Å². The molecule has 0 spiro atoms. The van der Waals surface area contributed by atoms with E-state index in [0.717, 1.165) is 24.9 Å². The van der Waals surface area contributed by atoms with Crippen molar-refractivity contribution in [1.82, 2.24) is 14.8 Å². The fraction of sp³-hybridized carbons (Fsp3) is 0.414. The van der Waals surface area contributed by atoms with E-state index in [4.69, 9.17) is 15.9 Å². The van der Waals surface area contributed by atoms with Gasteiger partial charge in [0.05, 0.1) is 24.3 Å². The largest absolute Gasteiger partial charge is 0.385 e. The minimum atomic E-state index is -0.533. The number of hydrogen-bond donors (Lipinski definition) is 3. The highest BCUT2D eigenvalue weighted by Gasteiger charge is 2.44. The van der Waals surface area contributed by atoms with Gasteiger partial charge in [0, 0.05) is 43.8 Å². The second-order valence-corrected chi connectivity index (χ2v) is 10.9. The van der Waals surface area contributed by atoms with E-state index >= 15 is 0 Å². The third kappa shape index (κ3) is 5.70. The summed E-state index contributed by atoms with van der Waals surface area (Å²) in [6.07, 6.45) is 7.12. The molecule has 0 radical (unpaired) electrons. The zero-order valence-corrected chi connectivity index (χ0v) is 22.4. The second kappa shape index (κ2) is 11.0. The summed E-state index contributed by atoms with van der Waals surface area (Å²) >= 11 is 0. The van der Waals surface area contributed by atoms with Gasteiger partial charge in [-0.15, -0.1) is 0 Å². The SMILES string of the molecule is Cc1ccnc(NC(=O)c2ccc(C(=N)C3C(N)=NC=CN3CC3CCCN(C(=O)C4(C)COC4)C3)cc2)c1. The summed E-state index contributed by atoms with van der Waals surface area (Å²) in [5, 5.41) is 11.8. The quantitative estimate of drug-likeness (QED) is 0.472. The molecule has 2 unspecified atom stereocenters. The van der Waals surface area contributed by atoms with Gasteiger partial charge in [0.15, 0.2) is 0 Å². The molecule has 1 aromatic heterocycles. The maximum atomic E-state index is 13.1. The lowest BCUT2D eigenvalue weighted by atomic mass is 9.85. The van der Waals surface area contributed by atoms with Crippen LogP contribution in [0, 0.1) is 23.7 Å². The van der Waals surface area contributed by atoms with Crippen molar-refractivity contribution >= 4 is 29.2 Å². The number of carbonyl (C=O) groups excluding carboxylic acids is 2. The zero-order valence-electron chi connectivity index (χ0n) is 22.4. The van der Waals surface area contributed by atoms with Crippen molar-refractivity contribution in [2.75, 3.05) is 38.2 Å². The van der Waals surface area contributed by atoms with Crippen LogP contribution in [-0.4, -0.2) is 77.0 Å². The Balaban J connectivity index is 1.25. The van der Waals surface area contributed by atoms with Gasteiger partial charge in [0.2, 0.25) is 5.91 Å². The number of aryl methyl sites for hydroxylation is 1. The Bertz CT molecular complexity index is 1320. The molecule has 10 heteroatoms. The Hall–Kier alpha value is -4.05. The summed E-state index contributed by atoms with van der Waals surface area (Å²) < 4.78 is 5.30. The predicted molar refractivity (Wildman–Crippen MR) is 150 cm³/mol. The third-order valence-electron chi connectivity index (χ3n) is 7.61. The summed E-state index contributed by atoms with van der Waals surface area (Å²) in [5.41, 5.74) is 8.33. The normalized spacial score (nSPS) is 22.1. The number of aliphatic imine (C=N–C) groups is 1. The molecule has 2 atom stereocenters. The smallest absolute Gasteiger partial charge is 0.256 e. The first kappa shape index (κ1) is 26.6. The Morgan fingerprint density at radius 3 is 2.64 bits per heavy atom. The first-order valence-electron chi connectivity index (χ1n) is 13.3. The Morgan fingerprint density at radius 1 is 1.21 bits per heavy atom. The maximum absolute atomic E-state index is 13.1. The minimum Gasteiger partial charge on any atom is -0.385 e. The van der Waals surface area contributed by atoms with Gasteiger partial charge in [-0.3, -0.25) is 9.59 Å². The van der Waals surface area contributed by atoms with Crippen molar-refractivity contribution in [3.8, 4) is 0 Å². The number of ether oxygens (including phenoxy) is 1. The van der Waals surface area contributed by atoms with Crippen LogP contribution >= 0.6 is 0 Å². The van der Waals surface area contributed by atoms with Crippen LogP contribution in [0.1, 0.15) is 41.3 Å². The highest BCUT2D eigenvalue weighted by molar-refractivity contribution is 6.16. The molecular formula is C29H35N7O3. The minimum absolute atomic E-state index is 0.167. The summed E-state index contributed by atoms with van der Waals surface area (Å²) in [4.78, 5) is 38.2. The van der Waals surface area contributed by atoms with Crippen molar-refractivity contribution in [3.05, 3.63) is 71.7 Å². The van der Waals surface area contributed by atoms with Crippen molar-refractivity contribution in [1.29, 1.82) is 5.41 Å². The second-order valence-electron chi connectivity index (χ2n) is 10.9. The monoisotopic (exact) mass is 529 g/mol. The number of piperidine rings is 1. The molecule has 3 aliphatic rings. The van der Waals surface area contributed by atoms with Crippen LogP contribution in [0.3, 0.4) is 0 Å². The predicted octanol–water partition coefficient (Wildman–Crippen LogP) is 2.80. The number of anilines is 1. The molecule has 39 heavy (non-hydrogen) atoms. The van der Waals surface area contributed by atoms with E-state index in [1.54, 1.807) is 42.7 Å². The van der Waals surface area contributed by atoms with Crippen molar-refractivity contribution in [2.24, 2.45) is 22.1 Å². The van der Waals surface area contributed by atoms with Crippen LogP contribution < -0.4 is 11.1 Å². The number of rotatable bonds is 7. The van der Waals surface area contributed by atoms with Gasteiger partial charge in [-0.25, -0.2) is 9.98 Å². The average Bonchev–Trinajstić information content (AvgIpc) is 2.91. The number of carbonyl (C=O) groups is 2. The van der Waals surface area contributed by atoms with Gasteiger partial charge in [0.1, 0.15) is 17.7 Å². The highest BCUT2D eigenvalue weighted by atomic mass is 16.5. The van der Waals surface area contributed by atoms with E-state index < -0.39 is 11.5 Å². The number of pyridine rings is 1. The Kier molecular flexibility index (Phi) is 7.47. The summed E-state index contributed by atoms with van der Waals surface area (Å²) in [6, 6.07) is 10.0. The molecule has 5 rings (SSSR count). The van der Waals surface area contributed by atoms with E-state index in [-0.39, 0.29) is 17.7 Å². The number of nitrogens with zero attached hydrogens (tertiary/aromatic N) is 4. The third-order valence-corrected chi connectivity index (χ3v) is 7.61. The number of nitrogens with one attached hydrogen (secondary N) is 2. The highest BCUT2D eigenvalue weighted by Crippen LogP contribution is 2.31. The lowest BCUT2D eigenvalue weighted by Crippen LogP contribution is -2.56. The molecular weight excluding hydrogens is 494 g/mol. The molecule has 2 saturated heterocycles. The fourth-order valence-corrected chi connectivity index (χ4v) is 5.37. The first-order valence-corrected chi connectivity index (χ1v) is 13.3. The molecule has 10 nitrogen and oxygen atoms in total.